The molecule has 7 N–H and O–H groups in total. The van der Waals surface area contributed by atoms with E-state index in [-0.39, 0.29) is 113 Å². The summed E-state index contributed by atoms with van der Waals surface area (Å²) in [6.45, 7) is 17.8. The quantitative estimate of drug-likeness (QED) is 0.0216. The SMILES string of the molecule is CCCNC(=O)CCOCCOCCOCCOCCC(=O)NCCCC[C@H](CC(=O)[C@@H](NC(=O)CCCC(=O)O)C(C)C)C(=O)NCc1ccc([C@H]2O[C@@H]2[C@@H](C)[C@@H]2C/C=C/C(=O)N[C@H](Cc3ccc(OC)c(Cl)c3)C(=O)NCC(C)(C)C(=O)O[C@@H](CC(C)C)C(=O)O2)cc1. The Morgan fingerprint density at radius 2 is 1.37 bits per heavy atom. The summed E-state index contributed by atoms with van der Waals surface area (Å²) in [4.78, 5) is 131. The first-order valence-electron chi connectivity index (χ1n) is 33.2. The summed E-state index contributed by atoms with van der Waals surface area (Å²) >= 11 is 6.40. The molecule has 1 fully saturated rings. The molecule has 8 atom stereocenters. The summed E-state index contributed by atoms with van der Waals surface area (Å²) in [5.41, 5.74) is 0.888. The van der Waals surface area contributed by atoms with Crippen LogP contribution in [0.4, 0.5) is 0 Å². The number of epoxide rings is 1. The van der Waals surface area contributed by atoms with E-state index in [1.807, 2.05) is 52.0 Å². The van der Waals surface area contributed by atoms with Crippen molar-refractivity contribution >= 4 is 70.7 Å². The summed E-state index contributed by atoms with van der Waals surface area (Å²) in [6, 6.07) is 10.4. The third-order valence-electron chi connectivity index (χ3n) is 15.9. The molecule has 0 radical (unpaired) electrons. The van der Waals surface area contributed by atoms with E-state index in [0.29, 0.717) is 94.7 Å². The minimum absolute atomic E-state index is 0.0385. The van der Waals surface area contributed by atoms with Gasteiger partial charge in [0, 0.05) is 83.0 Å². The second kappa shape index (κ2) is 43.2. The van der Waals surface area contributed by atoms with E-state index in [2.05, 4.69) is 31.9 Å². The van der Waals surface area contributed by atoms with Gasteiger partial charge in [0.05, 0.1) is 82.5 Å². The molecule has 0 unspecified atom stereocenters. The van der Waals surface area contributed by atoms with E-state index in [1.54, 1.807) is 52.0 Å². The minimum atomic E-state index is -1.30. The molecule has 2 heterocycles. The number of Topliss-reactive ketones (excluding diaryl/α,β-unsaturated/α-hetero) is 1. The molecule has 2 aliphatic heterocycles. The summed E-state index contributed by atoms with van der Waals surface area (Å²) in [5, 5.41) is 26.3. The Labute approximate surface area is 564 Å². The predicted molar refractivity (Wildman–Crippen MR) is 353 cm³/mol. The predicted octanol–water partition coefficient (Wildman–Crippen LogP) is 6.37. The number of unbranched alkanes of at least 4 members (excludes halogenated alkanes) is 1. The fourth-order valence-corrected chi connectivity index (χ4v) is 10.5. The number of cyclic esters (lactones) is 2. The maximum atomic E-state index is 14.1. The van der Waals surface area contributed by atoms with E-state index in [1.165, 1.54) is 13.2 Å². The maximum absolute atomic E-state index is 14.1. The molecule has 0 aliphatic carbocycles. The average molecular weight is 1360 g/mol. The fraction of sp³-hybridized carbons (Fsp3) is 0.652. The van der Waals surface area contributed by atoms with Crippen LogP contribution >= 0.6 is 11.6 Å². The van der Waals surface area contributed by atoms with Crippen molar-refractivity contribution in [3.63, 3.8) is 0 Å². The van der Waals surface area contributed by atoms with Gasteiger partial charge >= 0.3 is 17.9 Å². The lowest BCUT2D eigenvalue weighted by atomic mass is 9.89. The van der Waals surface area contributed by atoms with Crippen LogP contribution in [-0.4, -0.2) is 174 Å². The van der Waals surface area contributed by atoms with Crippen molar-refractivity contribution in [1.29, 1.82) is 0 Å². The number of amides is 6. The number of halogens is 1. The van der Waals surface area contributed by atoms with Gasteiger partial charge in [-0.15, -0.1) is 0 Å². The molecule has 95 heavy (non-hydrogen) atoms. The van der Waals surface area contributed by atoms with Gasteiger partial charge in [0.2, 0.25) is 35.4 Å². The van der Waals surface area contributed by atoms with E-state index in [9.17, 15) is 47.9 Å². The zero-order chi connectivity index (χ0) is 69.9. The first-order chi connectivity index (χ1) is 45.3. The summed E-state index contributed by atoms with van der Waals surface area (Å²) in [5.74, 6) is -6.32. The van der Waals surface area contributed by atoms with Gasteiger partial charge in [-0.3, -0.25) is 43.2 Å². The number of ketones is 1. The molecule has 0 spiro atoms. The molecule has 26 heteroatoms. The summed E-state index contributed by atoms with van der Waals surface area (Å²) < 4.78 is 45.5. The molecule has 530 valence electrons. The van der Waals surface area contributed by atoms with Crippen LogP contribution in [0.15, 0.2) is 54.6 Å². The molecule has 2 aromatic carbocycles. The number of carbonyl (C=O) groups excluding carboxylic acids is 9. The molecule has 2 aliphatic rings. The molecule has 0 saturated carbocycles. The maximum Gasteiger partial charge on any atom is 0.347 e. The molecule has 2 aromatic rings. The third kappa shape index (κ3) is 31.2. The van der Waals surface area contributed by atoms with Crippen LogP contribution in [0.5, 0.6) is 5.75 Å². The highest BCUT2D eigenvalue weighted by Gasteiger charge is 2.48. The highest BCUT2D eigenvalue weighted by molar-refractivity contribution is 6.32. The van der Waals surface area contributed by atoms with Gasteiger partial charge in [-0.1, -0.05) is 96.0 Å². The first kappa shape index (κ1) is 80.4. The van der Waals surface area contributed by atoms with Crippen molar-refractivity contribution < 1.29 is 90.9 Å². The van der Waals surface area contributed by atoms with Crippen LogP contribution in [0.3, 0.4) is 0 Å². The highest BCUT2D eigenvalue weighted by atomic mass is 35.5. The Hall–Kier alpha value is -7.03. The van der Waals surface area contributed by atoms with Gasteiger partial charge in [0.15, 0.2) is 11.9 Å². The van der Waals surface area contributed by atoms with Crippen molar-refractivity contribution in [2.75, 3.05) is 79.6 Å². The number of carboxylic acid groups (broad SMARTS) is 1. The molecule has 0 bridgehead atoms. The van der Waals surface area contributed by atoms with Crippen LogP contribution in [-0.2, 0) is 94.1 Å². The Balaban J connectivity index is 1.35. The van der Waals surface area contributed by atoms with Crippen LogP contribution in [0.25, 0.3) is 0 Å². The monoisotopic (exact) mass is 1350 g/mol. The molecule has 25 nitrogen and oxygen atoms in total. The highest BCUT2D eigenvalue weighted by Crippen LogP contribution is 2.45. The standard InChI is InChI=1S/C69H103ClN6O19/c1-10-28-71-57(78)26-30-89-32-34-91-36-37-92-35-33-90-31-27-58(79)72-29-12-11-15-50(41-53(77)62(45(4)5)76-60(81)18-14-19-61(82)83)65(84)73-42-47-20-23-49(24-21-47)64-63(95-64)46(6)54-16-13-17-59(80)75-52(40-48-22-25-55(88-9)51(70)39-48)66(85)74-43-69(7,8)68(87)94-56(38-44(2)3)67(86)93-54/h13,17,20-25,39,44-46,50,52,54,56,62-64H,10-12,14-16,18-19,26-38,40-43H2,1-9H3,(H,71,78)(H,72,79)(H,73,84)(H,74,85)(H,75,80)(H,76,81)(H,82,83)/b17-13+/t46-,50+,52+,54-,56-,62-,63+,64+/m0/s1. The Morgan fingerprint density at radius 1 is 0.747 bits per heavy atom. The second-order valence-corrected chi connectivity index (χ2v) is 25.8. The number of hydrogen-bond acceptors (Lipinski definition) is 18. The molecule has 1 saturated heterocycles. The number of carboxylic acids is 1. The van der Waals surface area contributed by atoms with E-state index in [4.69, 9.17) is 54.6 Å². The van der Waals surface area contributed by atoms with Gasteiger partial charge in [0.25, 0.3) is 0 Å². The zero-order valence-electron chi connectivity index (χ0n) is 56.8. The smallest absolute Gasteiger partial charge is 0.347 e. The lowest BCUT2D eigenvalue weighted by molar-refractivity contribution is -0.179. The van der Waals surface area contributed by atoms with Crippen molar-refractivity contribution in [3.8, 4) is 5.75 Å². The average Bonchev–Trinajstić information content (AvgIpc) is 1.63. The first-order valence-corrected chi connectivity index (χ1v) is 33.6. The Kier molecular flexibility index (Phi) is 36.6. The van der Waals surface area contributed by atoms with Crippen molar-refractivity contribution in [1.82, 2.24) is 31.9 Å². The van der Waals surface area contributed by atoms with Gasteiger partial charge in [-0.2, -0.15) is 0 Å². The molecule has 0 aromatic heterocycles. The van der Waals surface area contributed by atoms with Gasteiger partial charge in [-0.25, -0.2) is 4.79 Å². The lowest BCUT2D eigenvalue weighted by Gasteiger charge is -2.29. The number of ether oxygens (including phenoxy) is 8. The van der Waals surface area contributed by atoms with Crippen molar-refractivity contribution in [3.05, 3.63) is 76.3 Å². The molecule has 4 rings (SSSR count). The zero-order valence-corrected chi connectivity index (χ0v) is 57.6. The van der Waals surface area contributed by atoms with Crippen molar-refractivity contribution in [2.24, 2.45) is 29.1 Å². The Morgan fingerprint density at radius 3 is 1.96 bits per heavy atom. The number of rotatable bonds is 42. The van der Waals surface area contributed by atoms with Crippen LogP contribution in [0.2, 0.25) is 5.02 Å². The largest absolute Gasteiger partial charge is 0.495 e. The number of carbonyl (C=O) groups is 10. The minimum Gasteiger partial charge on any atom is -0.495 e. The molecular weight excluding hydrogens is 1250 g/mol. The van der Waals surface area contributed by atoms with E-state index in [0.717, 1.165) is 17.5 Å². The number of hydrogen-bond donors (Lipinski definition) is 7. The number of benzene rings is 2. The normalized spacial score (nSPS) is 19.6. The van der Waals surface area contributed by atoms with Gasteiger partial charge in [-0.05, 0) is 92.7 Å². The molecular formula is C69H103ClN6O19. The summed E-state index contributed by atoms with van der Waals surface area (Å²) in [7, 11) is 1.48. The van der Waals surface area contributed by atoms with E-state index >= 15 is 0 Å². The second-order valence-electron chi connectivity index (χ2n) is 25.4. The van der Waals surface area contributed by atoms with Gasteiger partial charge < -0.3 is 74.9 Å². The number of aliphatic carboxylic acids is 1. The molecule has 6 amide bonds. The number of esters is 2. The van der Waals surface area contributed by atoms with Gasteiger partial charge in [0.1, 0.15) is 24.0 Å². The number of methoxy groups -OCH3 is 1. The van der Waals surface area contributed by atoms with Crippen LogP contribution < -0.4 is 36.6 Å². The van der Waals surface area contributed by atoms with Crippen molar-refractivity contribution in [2.45, 2.75) is 182 Å². The summed E-state index contributed by atoms with van der Waals surface area (Å²) in [6.07, 6.45) is 2.36. The third-order valence-corrected chi connectivity index (χ3v) is 16.2. The topological polar surface area (TPSA) is 340 Å². The number of nitrogens with one attached hydrogen (secondary N) is 6. The van der Waals surface area contributed by atoms with Crippen LogP contribution in [0, 0.1) is 29.1 Å². The van der Waals surface area contributed by atoms with Crippen LogP contribution in [0.1, 0.15) is 155 Å². The Bertz CT molecular complexity index is 2820. The lowest BCUT2D eigenvalue weighted by Crippen LogP contribution is -2.51. The fourth-order valence-electron chi connectivity index (χ4n) is 10.2. The van der Waals surface area contributed by atoms with E-state index < -0.39 is 89.4 Å².